The number of benzene rings is 1. The topological polar surface area (TPSA) is 35.6 Å². The number of carbonyl (C=O) groups is 1. The number of hydrogen-bond acceptors (Lipinski definition) is 2. The van der Waals surface area contributed by atoms with Crippen LogP contribution in [0.3, 0.4) is 0 Å². The fourth-order valence-corrected chi connectivity index (χ4v) is 3.45. The molecule has 1 fully saturated rings. The molecule has 2 amide bonds. The smallest absolute Gasteiger partial charge is 0.321 e. The average molecular weight is 303 g/mol. The summed E-state index contributed by atoms with van der Waals surface area (Å²) in [6.45, 7) is 14.6. The molecule has 0 saturated carbocycles. The zero-order chi connectivity index (χ0) is 16.4. The van der Waals surface area contributed by atoms with Crippen LogP contribution in [0.25, 0.3) is 0 Å². The number of nitrogens with one attached hydrogen (secondary N) is 1. The van der Waals surface area contributed by atoms with Gasteiger partial charge in [-0.25, -0.2) is 4.79 Å². The van der Waals surface area contributed by atoms with E-state index in [-0.39, 0.29) is 6.03 Å². The third kappa shape index (κ3) is 3.43. The van der Waals surface area contributed by atoms with Crippen LogP contribution < -0.4 is 5.32 Å². The maximum Gasteiger partial charge on any atom is 0.321 e. The van der Waals surface area contributed by atoms with Crippen LogP contribution in [0.1, 0.15) is 38.8 Å². The molecular formula is C18H29N3O. The molecule has 0 aliphatic carbocycles. The molecule has 1 heterocycles. The molecule has 1 aromatic carbocycles. The lowest BCUT2D eigenvalue weighted by Crippen LogP contribution is -2.64. The predicted molar refractivity (Wildman–Crippen MR) is 92.4 cm³/mol. The van der Waals surface area contributed by atoms with Gasteiger partial charge in [-0.05, 0) is 52.7 Å². The van der Waals surface area contributed by atoms with E-state index < -0.39 is 0 Å². The van der Waals surface area contributed by atoms with E-state index in [0.717, 1.165) is 29.9 Å². The van der Waals surface area contributed by atoms with Gasteiger partial charge in [0.15, 0.2) is 0 Å². The van der Waals surface area contributed by atoms with Crippen molar-refractivity contribution in [3.63, 3.8) is 0 Å². The van der Waals surface area contributed by atoms with Gasteiger partial charge in [0.2, 0.25) is 0 Å². The molecule has 0 bridgehead atoms. The van der Waals surface area contributed by atoms with Crippen molar-refractivity contribution in [2.24, 2.45) is 0 Å². The minimum Gasteiger partial charge on any atom is -0.321 e. The van der Waals surface area contributed by atoms with Gasteiger partial charge in [0, 0.05) is 36.9 Å². The summed E-state index contributed by atoms with van der Waals surface area (Å²) in [7, 11) is 0. The highest BCUT2D eigenvalue weighted by atomic mass is 16.2. The summed E-state index contributed by atoms with van der Waals surface area (Å²) in [4.78, 5) is 16.8. The van der Waals surface area contributed by atoms with Crippen molar-refractivity contribution in [1.82, 2.24) is 9.80 Å². The maximum absolute atomic E-state index is 12.4. The first-order chi connectivity index (χ1) is 10.3. The molecule has 0 aromatic heterocycles. The molecule has 0 unspecified atom stereocenters. The van der Waals surface area contributed by atoms with Crippen LogP contribution in [-0.4, -0.2) is 47.0 Å². The Morgan fingerprint density at radius 2 is 1.64 bits per heavy atom. The normalized spacial score (nSPS) is 15.6. The number of aryl methyl sites for hydroxylation is 2. The van der Waals surface area contributed by atoms with Crippen LogP contribution in [-0.2, 0) is 0 Å². The van der Waals surface area contributed by atoms with Crippen molar-refractivity contribution in [3.8, 4) is 0 Å². The maximum atomic E-state index is 12.4. The van der Waals surface area contributed by atoms with E-state index in [4.69, 9.17) is 0 Å². The molecule has 0 atom stereocenters. The lowest BCUT2D eigenvalue weighted by atomic mass is 10.0. The second-order valence-corrected chi connectivity index (χ2v) is 6.89. The quantitative estimate of drug-likeness (QED) is 0.922. The molecule has 1 aliphatic heterocycles. The fourth-order valence-electron chi connectivity index (χ4n) is 3.45. The van der Waals surface area contributed by atoms with Gasteiger partial charge in [-0.15, -0.1) is 0 Å². The summed E-state index contributed by atoms with van der Waals surface area (Å²) in [6.07, 6.45) is 0. The fraction of sp³-hybridized carbons (Fsp3) is 0.611. The van der Waals surface area contributed by atoms with Crippen molar-refractivity contribution >= 4 is 11.7 Å². The third-order valence-corrected chi connectivity index (χ3v) is 4.48. The SMILES string of the molecule is Cc1cccc(C)c1NC(=O)N1CC(N(C(C)C)C(C)C)C1. The molecule has 4 heteroatoms. The summed E-state index contributed by atoms with van der Waals surface area (Å²) in [5, 5.41) is 3.07. The van der Waals surface area contributed by atoms with Crippen LogP contribution in [0.15, 0.2) is 18.2 Å². The number of nitrogens with zero attached hydrogens (tertiary/aromatic N) is 2. The molecule has 0 radical (unpaired) electrons. The molecule has 0 spiro atoms. The summed E-state index contributed by atoms with van der Waals surface area (Å²) in [5.41, 5.74) is 3.16. The van der Waals surface area contributed by atoms with Gasteiger partial charge in [0.25, 0.3) is 0 Å². The van der Waals surface area contributed by atoms with Crippen LogP contribution in [0, 0.1) is 13.8 Å². The minimum atomic E-state index is 0.0149. The molecule has 22 heavy (non-hydrogen) atoms. The van der Waals surface area contributed by atoms with Crippen molar-refractivity contribution < 1.29 is 4.79 Å². The lowest BCUT2D eigenvalue weighted by molar-refractivity contribution is 0.0202. The number of carbonyl (C=O) groups excluding carboxylic acids is 1. The summed E-state index contributed by atoms with van der Waals surface area (Å²) in [6, 6.07) is 7.58. The Morgan fingerprint density at radius 3 is 2.09 bits per heavy atom. The lowest BCUT2D eigenvalue weighted by Gasteiger charge is -2.48. The van der Waals surface area contributed by atoms with E-state index >= 15 is 0 Å². The number of urea groups is 1. The van der Waals surface area contributed by atoms with Crippen molar-refractivity contribution in [1.29, 1.82) is 0 Å². The van der Waals surface area contributed by atoms with Crippen molar-refractivity contribution in [2.45, 2.75) is 59.7 Å². The highest BCUT2D eigenvalue weighted by Crippen LogP contribution is 2.23. The standard InChI is InChI=1S/C18H29N3O/c1-12(2)21(13(3)4)16-10-20(11-16)18(22)19-17-14(5)8-7-9-15(17)6/h7-9,12-13,16H,10-11H2,1-6H3,(H,19,22). The highest BCUT2D eigenvalue weighted by molar-refractivity contribution is 5.91. The molecule has 1 aliphatic rings. The van der Waals surface area contributed by atoms with Gasteiger partial charge in [-0.1, -0.05) is 18.2 Å². The Morgan fingerprint density at radius 1 is 1.14 bits per heavy atom. The molecular weight excluding hydrogens is 274 g/mol. The van der Waals surface area contributed by atoms with E-state index in [2.05, 4.69) is 37.9 Å². The first kappa shape index (κ1) is 16.8. The van der Waals surface area contributed by atoms with Gasteiger partial charge in [-0.3, -0.25) is 4.90 Å². The van der Waals surface area contributed by atoms with Gasteiger partial charge in [0.05, 0.1) is 0 Å². The van der Waals surface area contributed by atoms with Crippen molar-refractivity contribution in [3.05, 3.63) is 29.3 Å². The first-order valence-electron chi connectivity index (χ1n) is 8.20. The predicted octanol–water partition coefficient (Wildman–Crippen LogP) is 3.64. The van der Waals surface area contributed by atoms with E-state index in [1.54, 1.807) is 0 Å². The van der Waals surface area contributed by atoms with Gasteiger partial charge < -0.3 is 10.2 Å². The molecule has 1 saturated heterocycles. The number of hydrogen-bond donors (Lipinski definition) is 1. The molecule has 2 rings (SSSR count). The largest absolute Gasteiger partial charge is 0.321 e. The molecule has 4 nitrogen and oxygen atoms in total. The third-order valence-electron chi connectivity index (χ3n) is 4.48. The van der Waals surface area contributed by atoms with Gasteiger partial charge in [0.1, 0.15) is 0 Å². The Balaban J connectivity index is 1.95. The van der Waals surface area contributed by atoms with Gasteiger partial charge in [-0.2, -0.15) is 0 Å². The number of rotatable bonds is 4. The molecule has 122 valence electrons. The zero-order valence-electron chi connectivity index (χ0n) is 14.7. The number of anilines is 1. The second kappa shape index (κ2) is 6.69. The Kier molecular flexibility index (Phi) is 5.12. The van der Waals surface area contributed by atoms with E-state index in [9.17, 15) is 4.79 Å². The van der Waals surface area contributed by atoms with Crippen LogP contribution in [0.5, 0.6) is 0 Å². The molecule has 1 N–H and O–H groups in total. The second-order valence-electron chi connectivity index (χ2n) is 6.89. The average Bonchev–Trinajstić information content (AvgIpc) is 2.36. The van der Waals surface area contributed by atoms with Crippen LogP contribution in [0.4, 0.5) is 10.5 Å². The Bertz CT molecular complexity index is 505. The highest BCUT2D eigenvalue weighted by Gasteiger charge is 2.37. The number of para-hydroxylation sites is 1. The van der Waals surface area contributed by atoms with Crippen molar-refractivity contribution in [2.75, 3.05) is 18.4 Å². The van der Waals surface area contributed by atoms with E-state index in [0.29, 0.717) is 18.1 Å². The number of amides is 2. The van der Waals surface area contributed by atoms with E-state index in [1.165, 1.54) is 0 Å². The summed E-state index contributed by atoms with van der Waals surface area (Å²) < 4.78 is 0. The summed E-state index contributed by atoms with van der Waals surface area (Å²) in [5.74, 6) is 0. The summed E-state index contributed by atoms with van der Waals surface area (Å²) >= 11 is 0. The van der Waals surface area contributed by atoms with E-state index in [1.807, 2.05) is 36.9 Å². The molecule has 1 aromatic rings. The number of likely N-dealkylation sites (tertiary alicyclic amines) is 1. The monoisotopic (exact) mass is 303 g/mol. The zero-order valence-corrected chi connectivity index (χ0v) is 14.7. The van der Waals surface area contributed by atoms with Crippen LogP contribution in [0.2, 0.25) is 0 Å². The van der Waals surface area contributed by atoms with Gasteiger partial charge >= 0.3 is 6.03 Å². The minimum absolute atomic E-state index is 0.0149. The Hall–Kier alpha value is -1.55. The first-order valence-corrected chi connectivity index (χ1v) is 8.20. The van der Waals surface area contributed by atoms with Crippen LogP contribution >= 0.6 is 0 Å². The Labute approximate surface area is 134 Å².